The molecule has 19 heavy (non-hydrogen) atoms. The molecule has 0 fully saturated rings. The van der Waals surface area contributed by atoms with E-state index < -0.39 is 0 Å². The summed E-state index contributed by atoms with van der Waals surface area (Å²) in [5.41, 5.74) is 1.61. The fourth-order valence-corrected chi connectivity index (χ4v) is 2.21. The fourth-order valence-electron chi connectivity index (χ4n) is 1.54. The van der Waals surface area contributed by atoms with Crippen LogP contribution in [0.5, 0.6) is 0 Å². The zero-order valence-corrected chi connectivity index (χ0v) is 11.3. The third kappa shape index (κ3) is 4.03. The van der Waals surface area contributed by atoms with Gasteiger partial charge in [0.05, 0.1) is 18.7 Å². The number of aromatic nitrogens is 1. The summed E-state index contributed by atoms with van der Waals surface area (Å²) in [5, 5.41) is 8.44. The molecule has 1 amide bonds. The van der Waals surface area contributed by atoms with Gasteiger partial charge in [-0.25, -0.2) is 9.37 Å². The van der Waals surface area contributed by atoms with Gasteiger partial charge in [-0.2, -0.15) is 0 Å². The molecular weight excluding hydrogens is 265 g/mol. The Balaban J connectivity index is 1.82. The molecule has 0 aliphatic heterocycles. The minimum absolute atomic E-state index is 0.106. The van der Waals surface area contributed by atoms with E-state index >= 15 is 0 Å². The lowest BCUT2D eigenvalue weighted by Gasteiger charge is -2.03. The van der Waals surface area contributed by atoms with Crippen LogP contribution in [-0.2, 0) is 17.8 Å². The number of hydrogen-bond acceptors (Lipinski definition) is 4. The average molecular weight is 279 g/mol. The molecule has 1 aromatic heterocycles. The number of benzene rings is 1. The number of hydrogen-bond donors (Lipinski definition) is 2. The molecule has 1 heterocycles. The number of amides is 1. The van der Waals surface area contributed by atoms with Crippen LogP contribution < -0.4 is 10.6 Å². The number of anilines is 1. The van der Waals surface area contributed by atoms with Crippen LogP contribution in [0.25, 0.3) is 0 Å². The van der Waals surface area contributed by atoms with E-state index in [0.29, 0.717) is 6.54 Å². The van der Waals surface area contributed by atoms with Gasteiger partial charge in [0.25, 0.3) is 0 Å². The molecule has 0 saturated carbocycles. The molecule has 2 rings (SSSR count). The molecule has 0 radical (unpaired) electrons. The van der Waals surface area contributed by atoms with E-state index in [-0.39, 0.29) is 18.1 Å². The molecule has 6 heteroatoms. The van der Waals surface area contributed by atoms with E-state index in [0.717, 1.165) is 16.4 Å². The van der Waals surface area contributed by atoms with Crippen LogP contribution in [0.15, 0.2) is 29.6 Å². The molecule has 0 aliphatic carbocycles. The third-order valence-corrected chi connectivity index (χ3v) is 3.42. The van der Waals surface area contributed by atoms with E-state index in [1.807, 2.05) is 5.38 Å². The minimum Gasteiger partial charge on any atom is -0.365 e. The lowest BCUT2D eigenvalue weighted by molar-refractivity contribution is -0.120. The Morgan fingerprint density at radius 2 is 2.11 bits per heavy atom. The molecule has 0 bridgehead atoms. The van der Waals surface area contributed by atoms with Gasteiger partial charge in [-0.05, 0) is 17.7 Å². The van der Waals surface area contributed by atoms with Crippen molar-refractivity contribution in [1.29, 1.82) is 0 Å². The molecule has 0 unspecified atom stereocenters. The maximum absolute atomic E-state index is 12.7. The van der Waals surface area contributed by atoms with Crippen molar-refractivity contribution in [3.8, 4) is 0 Å². The summed E-state index contributed by atoms with van der Waals surface area (Å²) in [6, 6.07) is 5.91. The quantitative estimate of drug-likeness (QED) is 0.882. The number of rotatable bonds is 5. The summed E-state index contributed by atoms with van der Waals surface area (Å²) < 4.78 is 12.7. The number of nitrogens with one attached hydrogen (secondary N) is 2. The normalized spacial score (nSPS) is 10.2. The van der Waals surface area contributed by atoms with Crippen LogP contribution in [0, 0.1) is 5.82 Å². The van der Waals surface area contributed by atoms with Crippen molar-refractivity contribution >= 4 is 22.4 Å². The standard InChI is InChI=1S/C13H14FN3OS/c1-15-13-17-11(8-19-13)7-16-12(18)6-9-2-4-10(14)5-3-9/h2-5,8H,6-7H2,1H3,(H,15,17)(H,16,18). The summed E-state index contributed by atoms with van der Waals surface area (Å²) >= 11 is 1.49. The SMILES string of the molecule is CNc1nc(CNC(=O)Cc2ccc(F)cc2)cs1. The van der Waals surface area contributed by atoms with Gasteiger partial charge in [-0.3, -0.25) is 4.79 Å². The van der Waals surface area contributed by atoms with Crippen LogP contribution in [0.4, 0.5) is 9.52 Å². The Morgan fingerprint density at radius 1 is 1.37 bits per heavy atom. The van der Waals surface area contributed by atoms with Gasteiger partial charge in [0.2, 0.25) is 5.91 Å². The first-order chi connectivity index (χ1) is 9.17. The molecule has 100 valence electrons. The molecular formula is C13H14FN3OS. The first-order valence-corrected chi connectivity index (χ1v) is 6.68. The van der Waals surface area contributed by atoms with Crippen LogP contribution in [0.1, 0.15) is 11.3 Å². The highest BCUT2D eigenvalue weighted by molar-refractivity contribution is 7.13. The Labute approximate surface area is 114 Å². The highest BCUT2D eigenvalue weighted by atomic mass is 32.1. The van der Waals surface area contributed by atoms with Crippen LogP contribution in [0.2, 0.25) is 0 Å². The third-order valence-electron chi connectivity index (χ3n) is 2.51. The maximum atomic E-state index is 12.7. The largest absolute Gasteiger partial charge is 0.365 e. The van der Waals surface area contributed by atoms with E-state index in [4.69, 9.17) is 0 Å². The first kappa shape index (κ1) is 13.5. The first-order valence-electron chi connectivity index (χ1n) is 5.80. The van der Waals surface area contributed by atoms with Gasteiger partial charge < -0.3 is 10.6 Å². The molecule has 0 atom stereocenters. The van der Waals surface area contributed by atoms with Gasteiger partial charge in [-0.1, -0.05) is 12.1 Å². The molecule has 1 aromatic carbocycles. The molecule has 2 N–H and O–H groups in total. The van der Waals surface area contributed by atoms with Gasteiger partial charge in [0.15, 0.2) is 5.13 Å². The van der Waals surface area contributed by atoms with Crippen molar-refractivity contribution in [3.05, 3.63) is 46.7 Å². The van der Waals surface area contributed by atoms with Gasteiger partial charge in [-0.15, -0.1) is 11.3 Å². The smallest absolute Gasteiger partial charge is 0.224 e. The number of nitrogens with zero attached hydrogens (tertiary/aromatic N) is 1. The average Bonchev–Trinajstić information content (AvgIpc) is 2.87. The molecule has 0 spiro atoms. The predicted octanol–water partition coefficient (Wildman–Crippen LogP) is 2.18. The van der Waals surface area contributed by atoms with Crippen LogP contribution >= 0.6 is 11.3 Å². The number of carbonyl (C=O) groups excluding carboxylic acids is 1. The second-order valence-corrected chi connectivity index (χ2v) is 4.83. The van der Waals surface area contributed by atoms with E-state index in [9.17, 15) is 9.18 Å². The Kier molecular flexibility index (Phi) is 4.46. The summed E-state index contributed by atoms with van der Waals surface area (Å²) in [7, 11) is 1.80. The number of halogens is 1. The molecule has 4 nitrogen and oxygen atoms in total. The van der Waals surface area contributed by atoms with Gasteiger partial charge in [0.1, 0.15) is 5.82 Å². The summed E-state index contributed by atoms with van der Waals surface area (Å²) in [4.78, 5) is 16.0. The molecule has 0 saturated heterocycles. The lowest BCUT2D eigenvalue weighted by Crippen LogP contribution is -2.24. The predicted molar refractivity (Wildman–Crippen MR) is 73.6 cm³/mol. The van der Waals surface area contributed by atoms with E-state index in [1.165, 1.54) is 23.5 Å². The highest BCUT2D eigenvalue weighted by Gasteiger charge is 2.05. The zero-order valence-electron chi connectivity index (χ0n) is 10.4. The van der Waals surface area contributed by atoms with Crippen molar-refractivity contribution < 1.29 is 9.18 Å². The van der Waals surface area contributed by atoms with E-state index in [1.54, 1.807) is 19.2 Å². The Hall–Kier alpha value is -1.95. The van der Waals surface area contributed by atoms with Crippen molar-refractivity contribution in [3.63, 3.8) is 0 Å². The van der Waals surface area contributed by atoms with Crippen molar-refractivity contribution in [2.75, 3.05) is 12.4 Å². The maximum Gasteiger partial charge on any atom is 0.224 e. The van der Waals surface area contributed by atoms with Crippen molar-refractivity contribution in [2.24, 2.45) is 0 Å². The van der Waals surface area contributed by atoms with Gasteiger partial charge in [0, 0.05) is 12.4 Å². The van der Waals surface area contributed by atoms with Crippen LogP contribution in [-0.4, -0.2) is 17.9 Å². The van der Waals surface area contributed by atoms with Crippen molar-refractivity contribution in [1.82, 2.24) is 10.3 Å². The topological polar surface area (TPSA) is 54.0 Å². The molecule has 2 aromatic rings. The number of thiazole rings is 1. The van der Waals surface area contributed by atoms with E-state index in [2.05, 4.69) is 15.6 Å². The van der Waals surface area contributed by atoms with Crippen molar-refractivity contribution in [2.45, 2.75) is 13.0 Å². The summed E-state index contributed by atoms with van der Waals surface area (Å²) in [6.45, 7) is 0.401. The lowest BCUT2D eigenvalue weighted by atomic mass is 10.1. The summed E-state index contributed by atoms with van der Waals surface area (Å²) in [6.07, 6.45) is 0.239. The minimum atomic E-state index is -0.300. The fraction of sp³-hybridized carbons (Fsp3) is 0.231. The Morgan fingerprint density at radius 3 is 2.74 bits per heavy atom. The van der Waals surface area contributed by atoms with Gasteiger partial charge >= 0.3 is 0 Å². The second-order valence-electron chi connectivity index (χ2n) is 3.97. The summed E-state index contributed by atoms with van der Waals surface area (Å²) in [5.74, 6) is -0.406. The Bertz CT molecular complexity index is 553. The highest BCUT2D eigenvalue weighted by Crippen LogP contribution is 2.14. The number of carbonyl (C=O) groups is 1. The zero-order chi connectivity index (χ0) is 13.7. The second kappa shape index (κ2) is 6.29. The van der Waals surface area contributed by atoms with Crippen LogP contribution in [0.3, 0.4) is 0 Å². The monoisotopic (exact) mass is 279 g/mol. The molecule has 0 aliphatic rings.